The van der Waals surface area contributed by atoms with Crippen LogP contribution in [0.4, 0.5) is 0 Å². The van der Waals surface area contributed by atoms with Gasteiger partial charge in [-0.25, -0.2) is 0 Å². The van der Waals surface area contributed by atoms with Crippen LogP contribution in [0.25, 0.3) is 0 Å². The molecule has 0 heterocycles. The SMILES string of the molecule is O=B[O-].O=B[O-].O=B[O-].[Ho+3]. The zero-order valence-corrected chi connectivity index (χ0v) is 6.42. The van der Waals surface area contributed by atoms with Crippen LogP contribution in [-0.2, 0) is 14.1 Å². The van der Waals surface area contributed by atoms with Gasteiger partial charge in [-0.3, -0.25) is 0 Å². The van der Waals surface area contributed by atoms with Crippen molar-refractivity contribution >= 4 is 22.1 Å². The van der Waals surface area contributed by atoms with E-state index in [9.17, 15) is 0 Å². The first-order valence-electron chi connectivity index (χ1n) is 1.41. The van der Waals surface area contributed by atoms with Crippen LogP contribution in [-0.4, -0.2) is 22.1 Å². The molecule has 56 valence electrons. The summed E-state index contributed by atoms with van der Waals surface area (Å²) >= 11 is 0. The number of hydrogen-bond acceptors (Lipinski definition) is 6. The molecule has 0 rings (SSSR count). The Kier molecular flexibility index (Phi) is 134. The molecule has 0 aromatic rings. The first kappa shape index (κ1) is 22.5. The Morgan fingerprint density at radius 1 is 0.700 bits per heavy atom. The summed E-state index contributed by atoms with van der Waals surface area (Å²) in [5, 5.41) is 24.8. The van der Waals surface area contributed by atoms with Gasteiger partial charge >= 0.3 is 89.0 Å². The molecule has 0 aliphatic rings. The molecule has 0 saturated carbocycles. The van der Waals surface area contributed by atoms with Gasteiger partial charge in [-0.15, -0.1) is 0 Å². The Morgan fingerprint density at radius 3 is 0.700 bits per heavy atom. The number of rotatable bonds is 0. The van der Waals surface area contributed by atoms with E-state index in [1.54, 1.807) is 0 Å². The minimum absolute atomic E-state index is 0. The second-order valence-electron chi connectivity index (χ2n) is 0.289. The van der Waals surface area contributed by atoms with Crippen molar-refractivity contribution in [2.24, 2.45) is 0 Å². The van der Waals surface area contributed by atoms with Gasteiger partial charge in [-0.2, -0.15) is 0 Å². The van der Waals surface area contributed by atoms with Gasteiger partial charge in [0, 0.05) is 0 Å². The van der Waals surface area contributed by atoms with E-state index >= 15 is 0 Å². The molecule has 0 aromatic carbocycles. The van der Waals surface area contributed by atoms with Crippen LogP contribution in [0.1, 0.15) is 0 Å². The Bertz CT molecular complexity index is 49.7. The molecule has 0 fully saturated rings. The average molecular weight is 293 g/mol. The van der Waals surface area contributed by atoms with Crippen molar-refractivity contribution in [3.63, 3.8) is 0 Å². The summed E-state index contributed by atoms with van der Waals surface area (Å²) in [5.41, 5.74) is 0. The standard InChI is InChI=1S/3BO2.Ho/c3*2-1-3;/q3*-1;+3. The molecule has 0 unspecified atom stereocenters. The van der Waals surface area contributed by atoms with Crippen LogP contribution in [0.5, 0.6) is 0 Å². The third kappa shape index (κ3) is 6700. The molecule has 0 aromatic heterocycles. The fourth-order valence-electron chi connectivity index (χ4n) is 0. The molecule has 0 aliphatic carbocycles. The quantitative estimate of drug-likeness (QED) is 0.412. The summed E-state index contributed by atoms with van der Waals surface area (Å²) in [6, 6.07) is 0. The Labute approximate surface area is 88.5 Å². The van der Waals surface area contributed by atoms with Crippen LogP contribution in [0.15, 0.2) is 0 Å². The van der Waals surface area contributed by atoms with Crippen molar-refractivity contribution in [2.75, 3.05) is 0 Å². The van der Waals surface area contributed by atoms with Gasteiger partial charge in [0.2, 0.25) is 0 Å². The molecule has 0 amide bonds. The third-order valence-electron chi connectivity index (χ3n) is 0. The smallest absolute Gasteiger partial charge is 3.00 e. The van der Waals surface area contributed by atoms with Crippen LogP contribution < -0.4 is 15.1 Å². The fourth-order valence-corrected chi connectivity index (χ4v) is 0. The van der Waals surface area contributed by atoms with E-state index in [-0.39, 0.29) is 37.7 Å². The number of hydrogen-bond donors (Lipinski definition) is 0. The average Bonchev–Trinajstić information content (AvgIpc) is 1.70. The molecule has 10 heteroatoms. The molecule has 0 spiro atoms. The van der Waals surface area contributed by atoms with Gasteiger partial charge in [0.05, 0.1) is 0 Å². The topological polar surface area (TPSA) is 120 Å². The van der Waals surface area contributed by atoms with Gasteiger partial charge in [-0.1, -0.05) is 0 Å². The maximum Gasteiger partial charge on any atom is 3.00 e. The monoisotopic (exact) mass is 294 g/mol. The summed E-state index contributed by atoms with van der Waals surface area (Å²) in [7, 11) is -1.50. The molecule has 6 nitrogen and oxygen atoms in total. The predicted octanol–water partition coefficient (Wildman–Crippen LogP) is -5.07. The molecule has 0 radical (unpaired) electrons. The summed E-state index contributed by atoms with van der Waals surface area (Å²) in [4.78, 5) is 0. The molecule has 0 N–H and O–H groups in total. The normalized spacial score (nSPS) is 2.40. The first-order valence-corrected chi connectivity index (χ1v) is 1.41. The molecule has 0 atom stereocenters. The van der Waals surface area contributed by atoms with E-state index < -0.39 is 22.1 Å². The Hall–Kier alpha value is 0.255. The van der Waals surface area contributed by atoms with Crippen molar-refractivity contribution in [1.29, 1.82) is 0 Å². The van der Waals surface area contributed by atoms with E-state index in [1.807, 2.05) is 0 Å². The maximum atomic E-state index is 8.25. The van der Waals surface area contributed by atoms with Gasteiger partial charge < -0.3 is 0 Å². The second kappa shape index (κ2) is 59.5. The van der Waals surface area contributed by atoms with Crippen molar-refractivity contribution in [3.05, 3.63) is 0 Å². The van der Waals surface area contributed by atoms with Crippen LogP contribution in [0.3, 0.4) is 0 Å². The van der Waals surface area contributed by atoms with Gasteiger partial charge in [0.15, 0.2) is 0 Å². The van der Waals surface area contributed by atoms with Crippen LogP contribution in [0.2, 0.25) is 0 Å². The summed E-state index contributed by atoms with van der Waals surface area (Å²) in [6.07, 6.45) is 0. The minimum atomic E-state index is -0.500. The molecule has 0 saturated heterocycles. The van der Waals surface area contributed by atoms with Crippen LogP contribution >= 0.6 is 0 Å². The van der Waals surface area contributed by atoms with Gasteiger partial charge in [-0.05, 0) is 0 Å². The maximum absolute atomic E-state index is 8.25. The molecular formula is B3HoO6. The zero-order valence-electron chi connectivity index (χ0n) is 4.48. The summed E-state index contributed by atoms with van der Waals surface area (Å²) in [6.45, 7) is 0. The first-order chi connectivity index (χ1) is 4.24. The van der Waals surface area contributed by atoms with E-state index in [2.05, 4.69) is 0 Å². The Balaban J connectivity index is -0.0000000257. The van der Waals surface area contributed by atoms with Crippen molar-refractivity contribution in [2.45, 2.75) is 0 Å². The van der Waals surface area contributed by atoms with Crippen molar-refractivity contribution < 1.29 is 66.9 Å². The summed E-state index contributed by atoms with van der Waals surface area (Å²) < 4.78 is 24.8. The van der Waals surface area contributed by atoms with Crippen molar-refractivity contribution in [1.82, 2.24) is 0 Å². The Morgan fingerprint density at radius 2 is 0.700 bits per heavy atom. The molecule has 10 heavy (non-hydrogen) atoms. The minimum Gasteiger partial charge on any atom is 3.00 e. The third-order valence-corrected chi connectivity index (χ3v) is 0. The predicted molar refractivity (Wildman–Crippen MR) is 19.3 cm³/mol. The van der Waals surface area contributed by atoms with Gasteiger partial charge in [0.25, 0.3) is 0 Å². The molecular weight excluding hydrogens is 293 g/mol. The molecule has 0 bridgehead atoms. The summed E-state index contributed by atoms with van der Waals surface area (Å²) in [5.74, 6) is 0. The van der Waals surface area contributed by atoms with E-state index in [0.717, 1.165) is 0 Å². The zero-order chi connectivity index (χ0) is 8.12. The largest absolute Gasteiger partial charge is 3.00 e. The van der Waals surface area contributed by atoms with Gasteiger partial charge in [0.1, 0.15) is 0 Å². The van der Waals surface area contributed by atoms with Crippen LogP contribution in [0, 0.1) is 37.7 Å². The second-order valence-corrected chi connectivity index (χ2v) is 0.289. The van der Waals surface area contributed by atoms with E-state index in [4.69, 9.17) is 29.2 Å². The van der Waals surface area contributed by atoms with E-state index in [0.29, 0.717) is 0 Å². The molecule has 0 aliphatic heterocycles. The van der Waals surface area contributed by atoms with E-state index in [1.165, 1.54) is 0 Å². The van der Waals surface area contributed by atoms with Crippen molar-refractivity contribution in [3.8, 4) is 0 Å². The fraction of sp³-hybridized carbons (Fsp3) is 0.